The predicted molar refractivity (Wildman–Crippen MR) is 65.5 cm³/mol. The van der Waals surface area contributed by atoms with Gasteiger partial charge in [0, 0.05) is 13.7 Å². The molecule has 0 aliphatic carbocycles. The average molecular weight is 275 g/mol. The van der Waals surface area contributed by atoms with Crippen molar-refractivity contribution in [2.75, 3.05) is 13.7 Å². The summed E-state index contributed by atoms with van der Waals surface area (Å²) in [6, 6.07) is 4.59. The van der Waals surface area contributed by atoms with Gasteiger partial charge in [0.05, 0.1) is 11.3 Å². The van der Waals surface area contributed by atoms with Gasteiger partial charge in [-0.1, -0.05) is 17.3 Å². The molecule has 106 valence electrons. The summed E-state index contributed by atoms with van der Waals surface area (Å²) in [5.41, 5.74) is 0.158. The van der Waals surface area contributed by atoms with E-state index in [1.54, 1.807) is 7.11 Å². The Morgan fingerprint density at radius 2 is 1.84 bits per heavy atom. The summed E-state index contributed by atoms with van der Waals surface area (Å²) in [7, 11) is 1.59. The van der Waals surface area contributed by atoms with Crippen LogP contribution in [0.2, 0.25) is 0 Å². The summed E-state index contributed by atoms with van der Waals surface area (Å²) >= 11 is 0. The number of benzene rings is 1. The van der Waals surface area contributed by atoms with Crippen LogP contribution in [-0.2, 0) is 10.9 Å². The van der Waals surface area contributed by atoms with E-state index >= 15 is 0 Å². The van der Waals surface area contributed by atoms with Crippen molar-refractivity contribution in [3.63, 3.8) is 0 Å². The van der Waals surface area contributed by atoms with Gasteiger partial charge in [-0.15, -0.1) is 0 Å². The standard InChI is InChI=1S/C13H16F3NO2/c1-19-9-3-2-4-12(17-18)10-5-7-11(8-6-10)13(14,15)16/h5-8,18H,2-4,9H2,1H3. The van der Waals surface area contributed by atoms with Crippen LogP contribution >= 0.6 is 0 Å². The van der Waals surface area contributed by atoms with E-state index in [0.29, 0.717) is 24.3 Å². The Kier molecular flexibility index (Phi) is 5.82. The Morgan fingerprint density at radius 1 is 1.21 bits per heavy atom. The molecule has 19 heavy (non-hydrogen) atoms. The first kappa shape index (κ1) is 15.5. The Labute approximate surface area is 109 Å². The van der Waals surface area contributed by atoms with Crippen molar-refractivity contribution in [1.29, 1.82) is 0 Å². The molecule has 1 N–H and O–H groups in total. The van der Waals surface area contributed by atoms with Crippen LogP contribution in [0.3, 0.4) is 0 Å². The first-order valence-corrected chi connectivity index (χ1v) is 5.86. The minimum Gasteiger partial charge on any atom is -0.411 e. The van der Waals surface area contributed by atoms with E-state index < -0.39 is 11.7 Å². The SMILES string of the molecule is COCCCCC(=NO)c1ccc(C(F)(F)F)cc1. The van der Waals surface area contributed by atoms with Gasteiger partial charge in [-0.3, -0.25) is 0 Å². The largest absolute Gasteiger partial charge is 0.416 e. The maximum atomic E-state index is 12.4. The second-order valence-electron chi connectivity index (χ2n) is 4.07. The number of unbranched alkanes of at least 4 members (excludes halogenated alkanes) is 1. The summed E-state index contributed by atoms with van der Waals surface area (Å²) < 4.78 is 42.1. The molecule has 3 nitrogen and oxygen atoms in total. The third kappa shape index (κ3) is 4.90. The predicted octanol–water partition coefficient (Wildman–Crippen LogP) is 3.70. The first-order valence-electron chi connectivity index (χ1n) is 5.86. The van der Waals surface area contributed by atoms with Crippen LogP contribution < -0.4 is 0 Å². The van der Waals surface area contributed by atoms with Crippen LogP contribution in [0.15, 0.2) is 29.4 Å². The summed E-state index contributed by atoms with van der Waals surface area (Å²) in [6.45, 7) is 0.603. The highest BCUT2D eigenvalue weighted by molar-refractivity contribution is 6.00. The zero-order valence-electron chi connectivity index (χ0n) is 10.6. The maximum Gasteiger partial charge on any atom is 0.416 e. The highest BCUT2D eigenvalue weighted by Crippen LogP contribution is 2.29. The Morgan fingerprint density at radius 3 is 2.32 bits per heavy atom. The number of methoxy groups -OCH3 is 1. The Hall–Kier alpha value is -1.56. The van der Waals surface area contributed by atoms with Crippen LogP contribution in [0, 0.1) is 0 Å². The molecule has 1 aromatic rings. The molecule has 0 aromatic heterocycles. The number of ether oxygens (including phenoxy) is 1. The van der Waals surface area contributed by atoms with E-state index in [9.17, 15) is 13.2 Å². The number of oxime groups is 1. The van der Waals surface area contributed by atoms with Gasteiger partial charge >= 0.3 is 6.18 Å². The van der Waals surface area contributed by atoms with Gasteiger partial charge in [0.2, 0.25) is 0 Å². The van der Waals surface area contributed by atoms with E-state index in [1.807, 2.05) is 0 Å². The molecule has 0 unspecified atom stereocenters. The number of nitrogens with zero attached hydrogens (tertiary/aromatic N) is 1. The van der Waals surface area contributed by atoms with E-state index in [-0.39, 0.29) is 0 Å². The molecule has 0 amide bonds. The molecule has 0 spiro atoms. The molecular weight excluding hydrogens is 259 g/mol. The fourth-order valence-corrected chi connectivity index (χ4v) is 1.64. The normalized spacial score (nSPS) is 12.7. The van der Waals surface area contributed by atoms with Gasteiger partial charge in [0.1, 0.15) is 0 Å². The summed E-state index contributed by atoms with van der Waals surface area (Å²) in [6.07, 6.45) is -2.32. The van der Waals surface area contributed by atoms with Gasteiger partial charge in [0.25, 0.3) is 0 Å². The van der Waals surface area contributed by atoms with Crippen LogP contribution in [0.5, 0.6) is 0 Å². The third-order valence-electron chi connectivity index (χ3n) is 2.68. The van der Waals surface area contributed by atoms with Crippen LogP contribution in [-0.4, -0.2) is 24.6 Å². The molecule has 0 atom stereocenters. The van der Waals surface area contributed by atoms with Crippen LogP contribution in [0.1, 0.15) is 30.4 Å². The fraction of sp³-hybridized carbons (Fsp3) is 0.462. The summed E-state index contributed by atoms with van der Waals surface area (Å²) in [5.74, 6) is 0. The Balaban J connectivity index is 2.67. The third-order valence-corrected chi connectivity index (χ3v) is 2.68. The van der Waals surface area contributed by atoms with Gasteiger partial charge in [-0.05, 0) is 37.0 Å². The van der Waals surface area contributed by atoms with Crippen molar-refractivity contribution in [2.45, 2.75) is 25.4 Å². The van der Waals surface area contributed by atoms with Crippen molar-refractivity contribution >= 4 is 5.71 Å². The molecule has 0 aliphatic rings. The van der Waals surface area contributed by atoms with Gasteiger partial charge < -0.3 is 9.94 Å². The van der Waals surface area contributed by atoms with Crippen LogP contribution in [0.25, 0.3) is 0 Å². The number of hydrogen-bond acceptors (Lipinski definition) is 3. The molecule has 1 aromatic carbocycles. The van der Waals surface area contributed by atoms with Crippen molar-refractivity contribution in [3.8, 4) is 0 Å². The second kappa shape index (κ2) is 7.13. The first-order chi connectivity index (χ1) is 8.99. The monoisotopic (exact) mass is 275 g/mol. The zero-order valence-corrected chi connectivity index (χ0v) is 10.6. The van der Waals surface area contributed by atoms with E-state index in [4.69, 9.17) is 9.94 Å². The van der Waals surface area contributed by atoms with Gasteiger partial charge in [-0.2, -0.15) is 13.2 Å². The average Bonchev–Trinajstić information content (AvgIpc) is 2.38. The molecule has 0 fully saturated rings. The van der Waals surface area contributed by atoms with Crippen molar-refractivity contribution in [1.82, 2.24) is 0 Å². The lowest BCUT2D eigenvalue weighted by Gasteiger charge is -2.08. The number of rotatable bonds is 6. The lowest BCUT2D eigenvalue weighted by atomic mass is 10.0. The number of hydrogen-bond donors (Lipinski definition) is 1. The number of halogens is 3. The minimum atomic E-state index is -4.35. The van der Waals surface area contributed by atoms with E-state index in [2.05, 4.69) is 5.16 Å². The minimum absolute atomic E-state index is 0.379. The summed E-state index contributed by atoms with van der Waals surface area (Å²) in [5, 5.41) is 12.0. The molecule has 0 aliphatic heterocycles. The maximum absolute atomic E-state index is 12.4. The van der Waals surface area contributed by atoms with Gasteiger partial charge in [-0.25, -0.2) is 0 Å². The Bertz CT molecular complexity index is 413. The topological polar surface area (TPSA) is 41.8 Å². The smallest absolute Gasteiger partial charge is 0.411 e. The van der Waals surface area contributed by atoms with E-state index in [1.165, 1.54) is 12.1 Å². The highest BCUT2D eigenvalue weighted by Gasteiger charge is 2.30. The van der Waals surface area contributed by atoms with Crippen molar-refractivity contribution in [2.24, 2.45) is 5.16 Å². The summed E-state index contributed by atoms with van der Waals surface area (Å²) in [4.78, 5) is 0. The molecule has 1 rings (SSSR count). The molecule has 0 saturated heterocycles. The van der Waals surface area contributed by atoms with Gasteiger partial charge in [0.15, 0.2) is 0 Å². The second-order valence-corrected chi connectivity index (χ2v) is 4.07. The fourth-order valence-electron chi connectivity index (χ4n) is 1.64. The zero-order chi connectivity index (χ0) is 14.3. The van der Waals surface area contributed by atoms with Crippen molar-refractivity contribution < 1.29 is 23.1 Å². The molecule has 0 bridgehead atoms. The van der Waals surface area contributed by atoms with Crippen LogP contribution in [0.4, 0.5) is 13.2 Å². The molecule has 0 saturated carbocycles. The lowest BCUT2D eigenvalue weighted by Crippen LogP contribution is -2.07. The highest BCUT2D eigenvalue weighted by atomic mass is 19.4. The quantitative estimate of drug-likeness (QED) is 0.372. The lowest BCUT2D eigenvalue weighted by molar-refractivity contribution is -0.137. The molecular formula is C13H16F3NO2. The van der Waals surface area contributed by atoms with E-state index in [0.717, 1.165) is 25.0 Å². The molecule has 0 radical (unpaired) electrons. The number of alkyl halides is 3. The molecule has 6 heteroatoms. The molecule has 0 heterocycles. The van der Waals surface area contributed by atoms with Crippen molar-refractivity contribution in [3.05, 3.63) is 35.4 Å².